The molecule has 2 aromatic rings. The van der Waals surface area contributed by atoms with Crippen molar-refractivity contribution in [1.82, 2.24) is 4.31 Å². The van der Waals surface area contributed by atoms with Crippen LogP contribution in [0.3, 0.4) is 0 Å². The molecule has 10 heteroatoms. The number of rotatable bonds is 6. The van der Waals surface area contributed by atoms with E-state index in [0.29, 0.717) is 18.6 Å². The summed E-state index contributed by atoms with van der Waals surface area (Å²) < 4.78 is 75.7. The van der Waals surface area contributed by atoms with Crippen molar-refractivity contribution in [3.05, 3.63) is 59.7 Å². The maximum atomic E-state index is 12.9. The Morgan fingerprint density at radius 2 is 1.87 bits per heavy atom. The predicted molar refractivity (Wildman–Crippen MR) is 106 cm³/mol. The van der Waals surface area contributed by atoms with Gasteiger partial charge in [-0.1, -0.05) is 12.1 Å². The van der Waals surface area contributed by atoms with E-state index in [1.165, 1.54) is 47.8 Å². The van der Waals surface area contributed by atoms with Gasteiger partial charge in [0, 0.05) is 13.1 Å². The Kier molecular flexibility index (Phi) is 6.90. The van der Waals surface area contributed by atoms with Crippen LogP contribution in [0.5, 0.6) is 5.75 Å². The fourth-order valence-corrected chi connectivity index (χ4v) is 4.88. The van der Waals surface area contributed by atoms with Crippen LogP contribution in [0.4, 0.5) is 13.2 Å². The van der Waals surface area contributed by atoms with E-state index in [1.807, 2.05) is 0 Å². The molecular weight excluding hydrogens is 435 g/mol. The molecule has 0 saturated carbocycles. The van der Waals surface area contributed by atoms with Crippen molar-refractivity contribution >= 4 is 16.0 Å². The van der Waals surface area contributed by atoms with Crippen LogP contribution in [0.15, 0.2) is 53.4 Å². The van der Waals surface area contributed by atoms with Gasteiger partial charge >= 0.3 is 12.1 Å². The molecule has 1 aliphatic rings. The Morgan fingerprint density at radius 1 is 1.16 bits per heavy atom. The first-order chi connectivity index (χ1) is 14.6. The van der Waals surface area contributed by atoms with Gasteiger partial charge in [-0.15, -0.1) is 0 Å². The standard InChI is InChI=1S/C21H22F3NO5S/c1-29-18-7-9-19(10-8-18)31(27,28)25-11-3-5-16(13-25)20(26)30-14-15-4-2-6-17(12-15)21(22,23)24/h2,4,6-10,12,16H,3,5,11,13-14H2,1H3. The quantitative estimate of drug-likeness (QED) is 0.616. The van der Waals surface area contributed by atoms with E-state index >= 15 is 0 Å². The lowest BCUT2D eigenvalue weighted by atomic mass is 10.00. The first-order valence-corrected chi connectivity index (χ1v) is 11.0. The van der Waals surface area contributed by atoms with Crippen LogP contribution in [0.25, 0.3) is 0 Å². The molecule has 0 N–H and O–H groups in total. The van der Waals surface area contributed by atoms with E-state index in [2.05, 4.69) is 0 Å². The van der Waals surface area contributed by atoms with Crippen LogP contribution in [-0.2, 0) is 32.3 Å². The van der Waals surface area contributed by atoms with Gasteiger partial charge in [0.25, 0.3) is 0 Å². The van der Waals surface area contributed by atoms with Gasteiger partial charge < -0.3 is 9.47 Å². The third kappa shape index (κ3) is 5.56. The third-order valence-electron chi connectivity index (χ3n) is 5.05. The summed E-state index contributed by atoms with van der Waals surface area (Å²) >= 11 is 0. The molecule has 0 aliphatic carbocycles. The number of carbonyl (C=O) groups excluding carboxylic acids is 1. The van der Waals surface area contributed by atoms with Gasteiger partial charge in [-0.05, 0) is 54.8 Å². The summed E-state index contributed by atoms with van der Waals surface area (Å²) in [6.07, 6.45) is -3.57. The van der Waals surface area contributed by atoms with Crippen molar-refractivity contribution in [1.29, 1.82) is 0 Å². The largest absolute Gasteiger partial charge is 0.497 e. The Balaban J connectivity index is 1.64. The fourth-order valence-electron chi connectivity index (χ4n) is 3.36. The zero-order valence-corrected chi connectivity index (χ0v) is 17.6. The zero-order valence-electron chi connectivity index (χ0n) is 16.8. The summed E-state index contributed by atoms with van der Waals surface area (Å²) in [5.74, 6) is -0.798. The lowest BCUT2D eigenvalue weighted by Gasteiger charge is -2.30. The van der Waals surface area contributed by atoms with Crippen LogP contribution < -0.4 is 4.74 Å². The molecule has 31 heavy (non-hydrogen) atoms. The Morgan fingerprint density at radius 3 is 2.52 bits per heavy atom. The highest BCUT2D eigenvalue weighted by Crippen LogP contribution is 2.30. The second kappa shape index (κ2) is 9.27. The minimum atomic E-state index is -4.49. The number of benzene rings is 2. The van der Waals surface area contributed by atoms with Crippen LogP contribution in [-0.4, -0.2) is 38.9 Å². The minimum Gasteiger partial charge on any atom is -0.497 e. The van der Waals surface area contributed by atoms with Gasteiger partial charge in [0.15, 0.2) is 0 Å². The molecule has 0 bridgehead atoms. The van der Waals surface area contributed by atoms with Crippen LogP contribution in [0.1, 0.15) is 24.0 Å². The smallest absolute Gasteiger partial charge is 0.416 e. The zero-order chi connectivity index (χ0) is 22.6. The average Bonchev–Trinajstić information content (AvgIpc) is 2.77. The van der Waals surface area contributed by atoms with Crippen LogP contribution >= 0.6 is 0 Å². The highest BCUT2D eigenvalue weighted by molar-refractivity contribution is 7.89. The monoisotopic (exact) mass is 457 g/mol. The second-order valence-corrected chi connectivity index (χ2v) is 9.12. The molecule has 1 heterocycles. The Bertz CT molecular complexity index is 1020. The number of piperidine rings is 1. The maximum Gasteiger partial charge on any atom is 0.416 e. The number of hydrogen-bond donors (Lipinski definition) is 0. The molecule has 0 radical (unpaired) electrons. The van der Waals surface area contributed by atoms with E-state index in [-0.39, 0.29) is 30.2 Å². The van der Waals surface area contributed by atoms with E-state index < -0.39 is 33.7 Å². The molecule has 1 saturated heterocycles. The number of esters is 1. The van der Waals surface area contributed by atoms with Gasteiger partial charge in [-0.25, -0.2) is 8.42 Å². The number of methoxy groups -OCH3 is 1. The van der Waals surface area contributed by atoms with Crippen molar-refractivity contribution in [3.63, 3.8) is 0 Å². The molecule has 1 fully saturated rings. The third-order valence-corrected chi connectivity index (χ3v) is 6.93. The lowest BCUT2D eigenvalue weighted by molar-refractivity contribution is -0.151. The summed E-state index contributed by atoms with van der Waals surface area (Å²) in [5.41, 5.74) is -0.614. The highest BCUT2D eigenvalue weighted by Gasteiger charge is 2.34. The molecule has 0 aromatic heterocycles. The van der Waals surface area contributed by atoms with E-state index in [9.17, 15) is 26.4 Å². The topological polar surface area (TPSA) is 72.9 Å². The second-order valence-electron chi connectivity index (χ2n) is 7.18. The van der Waals surface area contributed by atoms with Gasteiger partial charge in [0.2, 0.25) is 10.0 Å². The lowest BCUT2D eigenvalue weighted by Crippen LogP contribution is -2.42. The number of halogens is 3. The summed E-state index contributed by atoms with van der Waals surface area (Å²) in [6, 6.07) is 10.5. The number of sulfonamides is 1. The van der Waals surface area contributed by atoms with Gasteiger partial charge in [-0.3, -0.25) is 4.79 Å². The molecule has 6 nitrogen and oxygen atoms in total. The average molecular weight is 457 g/mol. The first-order valence-electron chi connectivity index (χ1n) is 9.58. The molecular formula is C21H22F3NO5S. The SMILES string of the molecule is COc1ccc(S(=O)(=O)N2CCCC(C(=O)OCc3cccc(C(F)(F)F)c3)C2)cc1. The van der Waals surface area contributed by atoms with Crippen LogP contribution in [0.2, 0.25) is 0 Å². The van der Waals surface area contributed by atoms with Crippen molar-refractivity contribution in [2.24, 2.45) is 5.92 Å². The summed E-state index contributed by atoms with van der Waals surface area (Å²) in [7, 11) is -2.32. The summed E-state index contributed by atoms with van der Waals surface area (Å²) in [5, 5.41) is 0. The number of hydrogen-bond acceptors (Lipinski definition) is 5. The van der Waals surface area contributed by atoms with Crippen LogP contribution in [0, 0.1) is 5.92 Å². The van der Waals surface area contributed by atoms with Gasteiger partial charge in [-0.2, -0.15) is 17.5 Å². The molecule has 168 valence electrons. The Labute approximate surface area is 178 Å². The van der Waals surface area contributed by atoms with E-state index in [4.69, 9.17) is 9.47 Å². The molecule has 2 aromatic carbocycles. The van der Waals surface area contributed by atoms with Gasteiger partial charge in [0.1, 0.15) is 12.4 Å². The molecule has 0 amide bonds. The summed E-state index contributed by atoms with van der Waals surface area (Å²) in [4.78, 5) is 12.6. The van der Waals surface area contributed by atoms with Crippen molar-refractivity contribution in [3.8, 4) is 5.75 Å². The highest BCUT2D eigenvalue weighted by atomic mass is 32.2. The van der Waals surface area contributed by atoms with Crippen molar-refractivity contribution in [2.45, 2.75) is 30.5 Å². The first kappa shape index (κ1) is 23.1. The number of alkyl halides is 3. The van der Waals surface area contributed by atoms with E-state index in [1.54, 1.807) is 0 Å². The number of ether oxygens (including phenoxy) is 2. The maximum absolute atomic E-state index is 12.9. The normalized spacial score (nSPS) is 17.9. The van der Waals surface area contributed by atoms with E-state index in [0.717, 1.165) is 12.1 Å². The number of nitrogens with zero attached hydrogens (tertiary/aromatic N) is 1. The minimum absolute atomic E-state index is 0.0458. The summed E-state index contributed by atoms with van der Waals surface area (Å²) in [6.45, 7) is -0.0912. The molecule has 0 spiro atoms. The fraction of sp³-hybridized carbons (Fsp3) is 0.381. The number of carbonyl (C=O) groups is 1. The van der Waals surface area contributed by atoms with Crippen molar-refractivity contribution in [2.75, 3.05) is 20.2 Å². The predicted octanol–water partition coefficient (Wildman–Crippen LogP) is 3.86. The molecule has 1 unspecified atom stereocenters. The Hall–Kier alpha value is -2.59. The van der Waals surface area contributed by atoms with Gasteiger partial charge in [0.05, 0.1) is 23.5 Å². The van der Waals surface area contributed by atoms with Crippen molar-refractivity contribution < 1.29 is 35.9 Å². The molecule has 1 atom stereocenters. The molecule has 3 rings (SSSR count). The molecule has 1 aliphatic heterocycles.